The molecule has 212 valence electrons. The molecule has 8 rings (SSSR count). The highest BCUT2D eigenvalue weighted by Crippen LogP contribution is 2.58. The summed E-state index contributed by atoms with van der Waals surface area (Å²) >= 11 is 3.12. The molecule has 7 atom stereocenters. The van der Waals surface area contributed by atoms with E-state index in [1.807, 2.05) is 55.8 Å². The molecular weight excluding hydrogens is 564 g/mol. The Kier molecular flexibility index (Phi) is 7.46. The highest BCUT2D eigenvalue weighted by atomic mass is 32.2. The van der Waals surface area contributed by atoms with Crippen LogP contribution < -0.4 is 0 Å². The highest BCUT2D eigenvalue weighted by Gasteiger charge is 2.58. The molecule has 4 aliphatic carbocycles. The SMILES string of the molecule is CSC1=C(C=O)C2c3ccccc3C1C1OC(=O)OC21.CSc1cc2c(cc1C=O)C(C1OC(=O)OC1C)C=CC2. The fourth-order valence-electron chi connectivity index (χ4n) is 6.64. The molecule has 0 aromatic heterocycles. The van der Waals surface area contributed by atoms with Crippen molar-refractivity contribution in [2.45, 2.75) is 60.4 Å². The fraction of sp³-hybridized carbons (Fsp3) is 0.355. The summed E-state index contributed by atoms with van der Waals surface area (Å²) in [5.41, 5.74) is 5.87. The average Bonchev–Trinajstić information content (AvgIpc) is 3.56. The molecule has 0 N–H and O–H groups in total. The van der Waals surface area contributed by atoms with E-state index in [0.717, 1.165) is 51.1 Å². The molecule has 0 radical (unpaired) electrons. The molecule has 8 nitrogen and oxygen atoms in total. The molecule has 2 bridgehead atoms. The van der Waals surface area contributed by atoms with E-state index < -0.39 is 12.3 Å². The van der Waals surface area contributed by atoms with Gasteiger partial charge in [0.05, 0.1) is 11.8 Å². The fourth-order valence-corrected chi connectivity index (χ4v) is 8.17. The van der Waals surface area contributed by atoms with Gasteiger partial charge in [-0.3, -0.25) is 9.59 Å². The summed E-state index contributed by atoms with van der Waals surface area (Å²) < 4.78 is 21.0. The normalized spacial score (nSPS) is 30.1. The number of cyclic esters (lactones) is 2. The topological polar surface area (TPSA) is 105 Å². The summed E-state index contributed by atoms with van der Waals surface area (Å²) in [4.78, 5) is 47.6. The maximum atomic E-state index is 11.5. The molecule has 2 aromatic rings. The van der Waals surface area contributed by atoms with Gasteiger partial charge in [0.1, 0.15) is 12.4 Å². The van der Waals surface area contributed by atoms with Gasteiger partial charge in [0.2, 0.25) is 0 Å². The first-order valence-electron chi connectivity index (χ1n) is 13.3. The van der Waals surface area contributed by atoms with Crippen LogP contribution in [0, 0.1) is 0 Å². The third kappa shape index (κ3) is 4.57. The van der Waals surface area contributed by atoms with Crippen molar-refractivity contribution in [3.63, 3.8) is 0 Å². The summed E-state index contributed by atoms with van der Waals surface area (Å²) in [6.07, 6.45) is 8.07. The van der Waals surface area contributed by atoms with Crippen LogP contribution in [-0.2, 0) is 30.2 Å². The van der Waals surface area contributed by atoms with Crippen molar-refractivity contribution < 1.29 is 38.1 Å². The molecule has 2 fully saturated rings. The van der Waals surface area contributed by atoms with Gasteiger partial charge in [0, 0.05) is 26.9 Å². The lowest BCUT2D eigenvalue weighted by molar-refractivity contribution is -0.105. The van der Waals surface area contributed by atoms with Gasteiger partial charge in [0.15, 0.2) is 24.6 Å². The molecule has 0 amide bonds. The zero-order valence-corrected chi connectivity index (χ0v) is 24.2. The number of hydrogen-bond donors (Lipinski definition) is 0. The number of aldehydes is 2. The highest BCUT2D eigenvalue weighted by molar-refractivity contribution is 8.02. The first kappa shape index (κ1) is 27.7. The van der Waals surface area contributed by atoms with Gasteiger partial charge in [-0.2, -0.15) is 0 Å². The molecule has 0 spiro atoms. The van der Waals surface area contributed by atoms with Crippen molar-refractivity contribution in [3.8, 4) is 0 Å². The Labute approximate surface area is 245 Å². The summed E-state index contributed by atoms with van der Waals surface area (Å²) in [6.45, 7) is 1.83. The zero-order chi connectivity index (χ0) is 28.8. The summed E-state index contributed by atoms with van der Waals surface area (Å²) in [5, 5.41) is 0. The minimum atomic E-state index is -0.629. The molecule has 41 heavy (non-hydrogen) atoms. The Balaban J connectivity index is 0.000000148. The smallest absolute Gasteiger partial charge is 0.427 e. The largest absolute Gasteiger partial charge is 0.509 e. The number of rotatable bonds is 5. The van der Waals surface area contributed by atoms with Crippen molar-refractivity contribution in [2.24, 2.45) is 0 Å². The quantitative estimate of drug-likeness (QED) is 0.179. The van der Waals surface area contributed by atoms with E-state index in [9.17, 15) is 19.2 Å². The van der Waals surface area contributed by atoms with Gasteiger partial charge in [0.25, 0.3) is 0 Å². The van der Waals surface area contributed by atoms with Crippen LogP contribution in [0.1, 0.15) is 57.3 Å². The zero-order valence-electron chi connectivity index (χ0n) is 22.6. The van der Waals surface area contributed by atoms with Crippen LogP contribution in [0.3, 0.4) is 0 Å². The predicted molar refractivity (Wildman–Crippen MR) is 154 cm³/mol. The Hall–Kier alpha value is -3.50. The number of carbonyl (C=O) groups is 4. The number of ether oxygens (including phenoxy) is 4. The molecule has 10 heteroatoms. The Morgan fingerprint density at radius 2 is 1.46 bits per heavy atom. The van der Waals surface area contributed by atoms with Crippen LogP contribution >= 0.6 is 23.5 Å². The van der Waals surface area contributed by atoms with Gasteiger partial charge in [-0.25, -0.2) is 9.59 Å². The second kappa shape index (κ2) is 11.1. The van der Waals surface area contributed by atoms with Crippen molar-refractivity contribution in [3.05, 3.63) is 86.8 Å². The molecule has 0 saturated carbocycles. The van der Waals surface area contributed by atoms with E-state index in [4.69, 9.17) is 18.9 Å². The second-order valence-electron chi connectivity index (χ2n) is 10.4. The minimum Gasteiger partial charge on any atom is -0.427 e. The van der Waals surface area contributed by atoms with Gasteiger partial charge < -0.3 is 18.9 Å². The summed E-state index contributed by atoms with van der Waals surface area (Å²) in [5.74, 6) is -0.347. The lowest BCUT2D eigenvalue weighted by atomic mass is 9.64. The Morgan fingerprint density at radius 1 is 0.805 bits per heavy atom. The molecular formula is C31H28O8S2. The number of benzene rings is 2. The monoisotopic (exact) mass is 592 g/mol. The standard InChI is InChI=1S/C16H16O4S.C15H12O4S/c1-9-15(20-16(18)19-9)12-5-3-4-10-7-14(21-2)11(8-17)6-13(10)12;1-20-14-9(6-16)10-7-4-2-3-5-8(7)11(14)13-12(10)18-15(17)19-13/h3,5-9,12,15H,4H2,1-2H3;2-6,10-13H,1H3. The maximum Gasteiger partial charge on any atom is 0.509 e. The first-order valence-corrected chi connectivity index (χ1v) is 15.7. The summed E-state index contributed by atoms with van der Waals surface area (Å²) in [6, 6.07) is 12.0. The van der Waals surface area contributed by atoms with Crippen LogP contribution in [0.4, 0.5) is 9.59 Å². The van der Waals surface area contributed by atoms with E-state index in [1.165, 1.54) is 5.56 Å². The van der Waals surface area contributed by atoms with E-state index in [1.54, 1.807) is 23.5 Å². The predicted octanol–water partition coefficient (Wildman–Crippen LogP) is 5.94. The van der Waals surface area contributed by atoms with Crippen LogP contribution in [0.25, 0.3) is 0 Å². The first-order chi connectivity index (χ1) is 19.9. The maximum absolute atomic E-state index is 11.5. The van der Waals surface area contributed by atoms with E-state index in [2.05, 4.69) is 12.1 Å². The van der Waals surface area contributed by atoms with Gasteiger partial charge in [-0.1, -0.05) is 36.4 Å². The lowest BCUT2D eigenvalue weighted by Gasteiger charge is -2.44. The number of thioether (sulfide) groups is 2. The molecule has 2 saturated heterocycles. The molecule has 2 aliphatic heterocycles. The third-order valence-corrected chi connectivity index (χ3v) is 10.1. The Bertz CT molecular complexity index is 1500. The van der Waals surface area contributed by atoms with Gasteiger partial charge in [-0.15, -0.1) is 23.5 Å². The van der Waals surface area contributed by atoms with Crippen molar-refractivity contribution in [2.75, 3.05) is 12.5 Å². The molecule has 6 aliphatic rings. The van der Waals surface area contributed by atoms with Crippen molar-refractivity contribution in [1.82, 2.24) is 0 Å². The minimum absolute atomic E-state index is 0.0650. The summed E-state index contributed by atoms with van der Waals surface area (Å²) in [7, 11) is 0. The van der Waals surface area contributed by atoms with Crippen molar-refractivity contribution in [1.29, 1.82) is 0 Å². The lowest BCUT2D eigenvalue weighted by Crippen LogP contribution is -2.45. The van der Waals surface area contributed by atoms with Gasteiger partial charge in [-0.05, 0) is 60.2 Å². The number of carbonyl (C=O) groups excluding carboxylic acids is 4. The number of fused-ring (bicyclic) bond motifs is 1. The van der Waals surface area contributed by atoms with Crippen LogP contribution in [0.2, 0.25) is 0 Å². The second-order valence-corrected chi connectivity index (χ2v) is 12.1. The molecule has 7 unspecified atom stereocenters. The van der Waals surface area contributed by atoms with E-state index in [0.29, 0.717) is 5.56 Å². The molecule has 2 aromatic carbocycles. The third-order valence-electron chi connectivity index (χ3n) is 8.35. The van der Waals surface area contributed by atoms with E-state index >= 15 is 0 Å². The van der Waals surface area contributed by atoms with Crippen molar-refractivity contribution >= 4 is 48.4 Å². The average molecular weight is 593 g/mol. The molecule has 2 heterocycles. The van der Waals surface area contributed by atoms with Crippen LogP contribution in [-0.4, -0.2) is 61.8 Å². The number of hydrogen-bond acceptors (Lipinski definition) is 10. The van der Waals surface area contributed by atoms with Crippen LogP contribution in [0.15, 0.2) is 63.9 Å². The van der Waals surface area contributed by atoms with E-state index in [-0.39, 0.29) is 42.2 Å². The number of allylic oxidation sites excluding steroid dienone is 1. The Morgan fingerprint density at radius 3 is 2.07 bits per heavy atom. The van der Waals surface area contributed by atoms with Gasteiger partial charge >= 0.3 is 12.3 Å². The van der Waals surface area contributed by atoms with Crippen LogP contribution in [0.5, 0.6) is 0 Å².